The van der Waals surface area contributed by atoms with Crippen molar-refractivity contribution in [2.45, 2.75) is 53.1 Å². The molecule has 0 saturated carbocycles. The Morgan fingerprint density at radius 1 is 1.00 bits per heavy atom. The average Bonchev–Trinajstić information content (AvgIpc) is 3.01. The van der Waals surface area contributed by atoms with Crippen LogP contribution >= 0.6 is 0 Å². The maximum absolute atomic E-state index is 13.5. The molecule has 3 aromatic rings. The van der Waals surface area contributed by atoms with Crippen molar-refractivity contribution in [3.05, 3.63) is 58.7 Å². The quantitative estimate of drug-likeness (QED) is 0.402. The van der Waals surface area contributed by atoms with Gasteiger partial charge in [-0.3, -0.25) is 14.4 Å². The molecule has 0 spiro atoms. The highest BCUT2D eigenvalue weighted by Crippen LogP contribution is 2.39. The average molecular weight is 473 g/mol. The molecular weight excluding hydrogens is 445 g/mol. The number of Topliss-reactive ketones (excluding diaryl/α,β-unsaturated/α-hetero) is 2. The van der Waals surface area contributed by atoms with E-state index in [1.54, 1.807) is 19.1 Å². The van der Waals surface area contributed by atoms with Gasteiger partial charge in [0.1, 0.15) is 5.78 Å². The zero-order chi connectivity index (χ0) is 25.2. The third-order valence-electron chi connectivity index (χ3n) is 5.57. The summed E-state index contributed by atoms with van der Waals surface area (Å²) in [5.41, 5.74) is 2.29. The number of hydrogen-bond acceptors (Lipinski definition) is 4. The topological polar surface area (TPSA) is 71.7 Å². The Morgan fingerprint density at radius 2 is 1.65 bits per heavy atom. The van der Waals surface area contributed by atoms with Crippen molar-refractivity contribution in [2.75, 3.05) is 6.54 Å². The molecule has 1 N–H and O–H groups in total. The molecule has 0 atom stereocenters. The van der Waals surface area contributed by atoms with Crippen LogP contribution in [-0.2, 0) is 15.8 Å². The van der Waals surface area contributed by atoms with Gasteiger partial charge in [-0.2, -0.15) is 13.2 Å². The lowest BCUT2D eigenvalue weighted by atomic mass is 10.1. The van der Waals surface area contributed by atoms with Crippen molar-refractivity contribution in [2.24, 2.45) is 4.99 Å². The predicted octanol–water partition coefficient (Wildman–Crippen LogP) is 6.11. The molecule has 34 heavy (non-hydrogen) atoms. The Labute approximate surface area is 195 Å². The number of hydrogen-bond donors (Lipinski definition) is 1. The third kappa shape index (κ3) is 5.55. The van der Waals surface area contributed by atoms with E-state index in [-0.39, 0.29) is 41.5 Å². The summed E-state index contributed by atoms with van der Waals surface area (Å²) in [5, 5.41) is 11.6. The van der Waals surface area contributed by atoms with Gasteiger partial charge >= 0.3 is 6.18 Å². The molecule has 3 rings (SSSR count). The molecule has 0 aliphatic heterocycles. The molecule has 1 aromatic heterocycles. The summed E-state index contributed by atoms with van der Waals surface area (Å²) >= 11 is 0. The molecular formula is C26H27F3N2O3. The molecule has 0 amide bonds. The minimum atomic E-state index is -4.54. The number of aromatic hydroxyl groups is 1. The summed E-state index contributed by atoms with van der Waals surface area (Å²) in [5.74, 6) is -0.392. The van der Waals surface area contributed by atoms with E-state index in [1.807, 2.05) is 19.9 Å². The summed E-state index contributed by atoms with van der Waals surface area (Å²) in [6.45, 7) is 6.67. The highest BCUT2D eigenvalue weighted by atomic mass is 19.4. The van der Waals surface area contributed by atoms with Gasteiger partial charge in [0, 0.05) is 29.6 Å². The smallest absolute Gasteiger partial charge is 0.416 e. The van der Waals surface area contributed by atoms with Crippen LogP contribution in [0.5, 0.6) is 5.88 Å². The number of carbonyl (C=O) groups is 2. The fourth-order valence-corrected chi connectivity index (χ4v) is 4.05. The second-order valence-corrected chi connectivity index (χ2v) is 8.61. The van der Waals surface area contributed by atoms with E-state index in [9.17, 15) is 27.9 Å². The van der Waals surface area contributed by atoms with Crippen LogP contribution in [0.3, 0.4) is 0 Å². The summed E-state index contributed by atoms with van der Waals surface area (Å²) in [4.78, 5) is 27.5. The largest absolute Gasteiger partial charge is 0.494 e. The Kier molecular flexibility index (Phi) is 7.29. The molecule has 0 aliphatic carbocycles. The lowest BCUT2D eigenvalue weighted by Gasteiger charge is -2.11. The standard InChI is InChI=1S/C26H27F3N2O3/c1-15-10-16(2)12-20(11-15)31-23-13-19(26(27,28)29)8-9-22(23)24(25(31)34)18(4)30-14-21(33)7-5-6-17(3)32/h8-13,34H,5-7,14H2,1-4H3. The van der Waals surface area contributed by atoms with Crippen LogP contribution in [0.4, 0.5) is 13.2 Å². The molecule has 5 nitrogen and oxygen atoms in total. The fourth-order valence-electron chi connectivity index (χ4n) is 4.05. The van der Waals surface area contributed by atoms with Crippen molar-refractivity contribution in [3.8, 4) is 11.6 Å². The Balaban J connectivity index is 2.11. The lowest BCUT2D eigenvalue weighted by Crippen LogP contribution is -2.06. The summed E-state index contributed by atoms with van der Waals surface area (Å²) in [6, 6.07) is 8.79. The monoisotopic (exact) mass is 472 g/mol. The van der Waals surface area contributed by atoms with E-state index in [4.69, 9.17) is 0 Å². The van der Waals surface area contributed by atoms with Gasteiger partial charge in [0.05, 0.1) is 23.2 Å². The second kappa shape index (κ2) is 9.83. The molecule has 0 unspecified atom stereocenters. The number of benzene rings is 2. The zero-order valence-corrected chi connectivity index (χ0v) is 19.6. The van der Waals surface area contributed by atoms with Crippen LogP contribution in [0.25, 0.3) is 16.6 Å². The number of alkyl halides is 3. The van der Waals surface area contributed by atoms with E-state index in [0.717, 1.165) is 23.3 Å². The first-order chi connectivity index (χ1) is 15.9. The van der Waals surface area contributed by atoms with Crippen LogP contribution in [-0.4, -0.2) is 33.5 Å². The van der Waals surface area contributed by atoms with Crippen LogP contribution in [0, 0.1) is 13.8 Å². The molecule has 180 valence electrons. The number of aryl methyl sites for hydroxylation is 2. The Hall–Kier alpha value is -3.42. The Morgan fingerprint density at radius 3 is 2.24 bits per heavy atom. The molecule has 8 heteroatoms. The first-order valence-corrected chi connectivity index (χ1v) is 10.9. The first kappa shape index (κ1) is 25.2. The van der Waals surface area contributed by atoms with Gasteiger partial charge in [-0.15, -0.1) is 0 Å². The highest BCUT2D eigenvalue weighted by molar-refractivity contribution is 6.13. The first-order valence-electron chi connectivity index (χ1n) is 10.9. The van der Waals surface area contributed by atoms with E-state index in [2.05, 4.69) is 4.99 Å². The third-order valence-corrected chi connectivity index (χ3v) is 5.57. The van der Waals surface area contributed by atoms with Gasteiger partial charge in [0.25, 0.3) is 0 Å². The maximum Gasteiger partial charge on any atom is 0.416 e. The van der Waals surface area contributed by atoms with Crippen LogP contribution in [0.1, 0.15) is 55.4 Å². The van der Waals surface area contributed by atoms with Gasteiger partial charge in [-0.1, -0.05) is 12.1 Å². The fraction of sp³-hybridized carbons (Fsp3) is 0.346. The van der Waals surface area contributed by atoms with Gasteiger partial charge in [0.15, 0.2) is 5.78 Å². The number of ketones is 2. The molecule has 1 heterocycles. The van der Waals surface area contributed by atoms with Crippen LogP contribution in [0.15, 0.2) is 41.4 Å². The number of carbonyl (C=O) groups excluding carboxylic acids is 2. The summed E-state index contributed by atoms with van der Waals surface area (Å²) in [6.07, 6.45) is -3.57. The van der Waals surface area contributed by atoms with Gasteiger partial charge in [0.2, 0.25) is 5.88 Å². The number of nitrogens with zero attached hydrogens (tertiary/aromatic N) is 2. The van der Waals surface area contributed by atoms with Crippen molar-refractivity contribution >= 4 is 28.2 Å². The molecule has 0 saturated heterocycles. The zero-order valence-electron chi connectivity index (χ0n) is 19.6. The number of fused-ring (bicyclic) bond motifs is 1. The van der Waals surface area contributed by atoms with Crippen molar-refractivity contribution in [1.29, 1.82) is 0 Å². The van der Waals surface area contributed by atoms with E-state index < -0.39 is 11.7 Å². The minimum absolute atomic E-state index is 0.00910. The Bertz CT molecular complexity index is 1270. The maximum atomic E-state index is 13.5. The number of rotatable bonds is 8. The lowest BCUT2D eigenvalue weighted by molar-refractivity contribution is -0.137. The summed E-state index contributed by atoms with van der Waals surface area (Å²) < 4.78 is 41.7. The molecule has 0 bridgehead atoms. The van der Waals surface area contributed by atoms with Gasteiger partial charge in [-0.05, 0) is 69.5 Å². The van der Waals surface area contributed by atoms with Crippen LogP contribution in [0.2, 0.25) is 0 Å². The van der Waals surface area contributed by atoms with Crippen LogP contribution < -0.4 is 0 Å². The van der Waals surface area contributed by atoms with E-state index in [1.165, 1.54) is 17.6 Å². The number of aliphatic imine (C=N–C) groups is 1. The number of aromatic nitrogens is 1. The predicted molar refractivity (Wildman–Crippen MR) is 126 cm³/mol. The van der Waals surface area contributed by atoms with Gasteiger partial charge in [-0.25, -0.2) is 0 Å². The summed E-state index contributed by atoms with van der Waals surface area (Å²) in [7, 11) is 0. The second-order valence-electron chi connectivity index (χ2n) is 8.61. The SMILES string of the molecule is CC(=O)CCCC(=O)CN=C(C)c1c(O)n(-c2cc(C)cc(C)c2)c2cc(C(F)(F)F)ccc12. The van der Waals surface area contributed by atoms with E-state index in [0.29, 0.717) is 29.6 Å². The highest BCUT2D eigenvalue weighted by Gasteiger charge is 2.32. The number of halogens is 3. The molecule has 2 aromatic carbocycles. The van der Waals surface area contributed by atoms with Crippen molar-refractivity contribution in [3.63, 3.8) is 0 Å². The van der Waals surface area contributed by atoms with Gasteiger partial charge < -0.3 is 9.90 Å². The van der Waals surface area contributed by atoms with E-state index >= 15 is 0 Å². The normalized spacial score (nSPS) is 12.4. The molecule has 0 radical (unpaired) electrons. The molecule has 0 fully saturated rings. The van der Waals surface area contributed by atoms with Crippen molar-refractivity contribution in [1.82, 2.24) is 4.57 Å². The van der Waals surface area contributed by atoms with Crippen molar-refractivity contribution < 1.29 is 27.9 Å². The molecule has 0 aliphatic rings. The minimum Gasteiger partial charge on any atom is -0.494 e.